The molecule has 0 aromatic heterocycles. The number of rotatable bonds is 6. The molecule has 112 valence electrons. The van der Waals surface area contributed by atoms with Gasteiger partial charge in [0.2, 0.25) is 0 Å². The van der Waals surface area contributed by atoms with Crippen LogP contribution in [0.2, 0.25) is 0 Å². The van der Waals surface area contributed by atoms with Gasteiger partial charge in [-0.15, -0.1) is 0 Å². The number of nitrogens with one attached hydrogen (secondary N) is 1. The molecule has 2 fully saturated rings. The molecule has 19 heavy (non-hydrogen) atoms. The molecular formula is C16H32N2S. The molecule has 3 heteroatoms. The van der Waals surface area contributed by atoms with Crippen LogP contribution in [-0.2, 0) is 0 Å². The zero-order chi connectivity index (χ0) is 13.7. The van der Waals surface area contributed by atoms with Crippen molar-refractivity contribution < 1.29 is 0 Å². The van der Waals surface area contributed by atoms with E-state index in [1.165, 1.54) is 57.5 Å². The number of thioether (sulfide) groups is 1. The van der Waals surface area contributed by atoms with Gasteiger partial charge in [-0.3, -0.25) is 4.90 Å². The Morgan fingerprint density at radius 3 is 2.74 bits per heavy atom. The summed E-state index contributed by atoms with van der Waals surface area (Å²) < 4.78 is 0. The lowest BCUT2D eigenvalue weighted by molar-refractivity contribution is 0.108. The van der Waals surface area contributed by atoms with Gasteiger partial charge in [0, 0.05) is 23.9 Å². The lowest BCUT2D eigenvalue weighted by atomic mass is 9.92. The van der Waals surface area contributed by atoms with Gasteiger partial charge >= 0.3 is 0 Å². The van der Waals surface area contributed by atoms with Crippen molar-refractivity contribution in [3.05, 3.63) is 0 Å². The van der Waals surface area contributed by atoms with Crippen LogP contribution in [0.15, 0.2) is 0 Å². The monoisotopic (exact) mass is 284 g/mol. The second kappa shape index (κ2) is 7.90. The largest absolute Gasteiger partial charge is 0.314 e. The molecule has 1 heterocycles. The van der Waals surface area contributed by atoms with Crippen molar-refractivity contribution in [2.75, 3.05) is 25.4 Å². The van der Waals surface area contributed by atoms with Crippen molar-refractivity contribution in [1.29, 1.82) is 0 Å². The summed E-state index contributed by atoms with van der Waals surface area (Å²) in [5.41, 5.74) is 0. The number of piperidine rings is 1. The molecule has 0 radical (unpaired) electrons. The molecule has 1 aliphatic heterocycles. The lowest BCUT2D eigenvalue weighted by Gasteiger charge is -2.42. The van der Waals surface area contributed by atoms with Crippen LogP contribution in [0.1, 0.15) is 52.9 Å². The van der Waals surface area contributed by atoms with Crippen LogP contribution in [0.25, 0.3) is 0 Å². The summed E-state index contributed by atoms with van der Waals surface area (Å²) in [5.74, 6) is 2.10. The van der Waals surface area contributed by atoms with Gasteiger partial charge < -0.3 is 5.32 Å². The van der Waals surface area contributed by atoms with E-state index in [-0.39, 0.29) is 0 Å². The topological polar surface area (TPSA) is 15.3 Å². The summed E-state index contributed by atoms with van der Waals surface area (Å²) in [6.07, 6.45) is 6.94. The van der Waals surface area contributed by atoms with E-state index in [9.17, 15) is 0 Å². The Hall–Kier alpha value is 0.270. The van der Waals surface area contributed by atoms with E-state index in [0.29, 0.717) is 0 Å². The first kappa shape index (κ1) is 15.7. The standard InChI is InChI=1S/C16H32N2S/c1-4-10-17-14-9-11-18(12-13(14)3)15-7-6-8-16(15)19-5-2/h13-17H,4-12H2,1-3H3. The summed E-state index contributed by atoms with van der Waals surface area (Å²) in [6, 6.07) is 1.63. The summed E-state index contributed by atoms with van der Waals surface area (Å²) >= 11 is 2.20. The summed E-state index contributed by atoms with van der Waals surface area (Å²) in [7, 11) is 0. The van der Waals surface area contributed by atoms with Gasteiger partial charge in [0.15, 0.2) is 0 Å². The first-order valence-electron chi connectivity index (χ1n) is 8.35. The number of nitrogens with zero attached hydrogens (tertiary/aromatic N) is 1. The number of hydrogen-bond acceptors (Lipinski definition) is 3. The third kappa shape index (κ3) is 4.12. The first-order chi connectivity index (χ1) is 9.26. The third-order valence-corrected chi connectivity index (χ3v) is 6.17. The second-order valence-corrected chi connectivity index (χ2v) is 7.83. The Kier molecular flexibility index (Phi) is 6.51. The Bertz CT molecular complexity index is 259. The molecule has 2 rings (SSSR count). The van der Waals surface area contributed by atoms with Gasteiger partial charge in [0.1, 0.15) is 0 Å². The molecule has 1 saturated carbocycles. The van der Waals surface area contributed by atoms with E-state index in [1.807, 2.05) is 0 Å². The Morgan fingerprint density at radius 2 is 2.05 bits per heavy atom. The van der Waals surface area contributed by atoms with Crippen LogP contribution in [0, 0.1) is 5.92 Å². The highest BCUT2D eigenvalue weighted by atomic mass is 32.2. The highest BCUT2D eigenvalue weighted by Gasteiger charge is 2.36. The molecule has 1 aliphatic carbocycles. The fourth-order valence-corrected chi connectivity index (χ4v) is 5.14. The highest BCUT2D eigenvalue weighted by Crippen LogP contribution is 2.35. The predicted octanol–water partition coefficient (Wildman–Crippen LogP) is 3.37. The van der Waals surface area contributed by atoms with Crippen LogP contribution in [0.3, 0.4) is 0 Å². The van der Waals surface area contributed by atoms with E-state index >= 15 is 0 Å². The van der Waals surface area contributed by atoms with Crippen molar-refractivity contribution >= 4 is 11.8 Å². The van der Waals surface area contributed by atoms with Crippen LogP contribution in [-0.4, -0.2) is 47.6 Å². The molecule has 0 aromatic rings. The van der Waals surface area contributed by atoms with Crippen molar-refractivity contribution in [3.63, 3.8) is 0 Å². The molecule has 4 unspecified atom stereocenters. The number of likely N-dealkylation sites (tertiary alicyclic amines) is 1. The van der Waals surface area contributed by atoms with E-state index < -0.39 is 0 Å². The van der Waals surface area contributed by atoms with Crippen LogP contribution in [0.5, 0.6) is 0 Å². The molecule has 0 aromatic carbocycles. The van der Waals surface area contributed by atoms with E-state index in [4.69, 9.17) is 0 Å². The van der Waals surface area contributed by atoms with Gasteiger partial charge in [-0.2, -0.15) is 11.8 Å². The van der Waals surface area contributed by atoms with Crippen molar-refractivity contribution in [1.82, 2.24) is 10.2 Å². The first-order valence-corrected chi connectivity index (χ1v) is 9.40. The Morgan fingerprint density at radius 1 is 1.21 bits per heavy atom. The molecule has 0 bridgehead atoms. The summed E-state index contributed by atoms with van der Waals surface area (Å²) in [4.78, 5) is 2.81. The maximum Gasteiger partial charge on any atom is 0.0214 e. The molecule has 0 amide bonds. The Balaban J connectivity index is 1.83. The minimum Gasteiger partial charge on any atom is -0.314 e. The van der Waals surface area contributed by atoms with E-state index in [1.54, 1.807) is 0 Å². The minimum atomic E-state index is 0.759. The van der Waals surface area contributed by atoms with Crippen LogP contribution >= 0.6 is 11.8 Å². The van der Waals surface area contributed by atoms with Gasteiger partial charge in [0.05, 0.1) is 0 Å². The van der Waals surface area contributed by atoms with Crippen LogP contribution < -0.4 is 5.32 Å². The SMILES string of the molecule is CCCNC1CCN(C2CCCC2SCC)CC1C. The molecule has 4 atom stereocenters. The second-order valence-electron chi connectivity index (χ2n) is 6.31. The molecular weight excluding hydrogens is 252 g/mol. The van der Waals surface area contributed by atoms with Crippen molar-refractivity contribution in [3.8, 4) is 0 Å². The molecule has 1 saturated heterocycles. The van der Waals surface area contributed by atoms with E-state index in [2.05, 4.69) is 42.7 Å². The molecule has 1 N–H and O–H groups in total. The highest BCUT2D eigenvalue weighted by molar-refractivity contribution is 7.99. The fraction of sp³-hybridized carbons (Fsp3) is 1.00. The summed E-state index contributed by atoms with van der Waals surface area (Å²) in [6.45, 7) is 10.8. The number of hydrogen-bond donors (Lipinski definition) is 1. The Labute approximate surface area is 124 Å². The van der Waals surface area contributed by atoms with Crippen LogP contribution in [0.4, 0.5) is 0 Å². The predicted molar refractivity (Wildman–Crippen MR) is 87.0 cm³/mol. The molecule has 2 nitrogen and oxygen atoms in total. The maximum absolute atomic E-state index is 3.74. The minimum absolute atomic E-state index is 0.759. The lowest BCUT2D eigenvalue weighted by Crippen LogP contribution is -2.52. The quantitative estimate of drug-likeness (QED) is 0.805. The van der Waals surface area contributed by atoms with Crippen molar-refractivity contribution in [2.45, 2.75) is 70.2 Å². The smallest absolute Gasteiger partial charge is 0.0214 e. The zero-order valence-corrected chi connectivity index (χ0v) is 13.8. The van der Waals surface area contributed by atoms with Gasteiger partial charge in [-0.1, -0.05) is 27.2 Å². The fourth-order valence-electron chi connectivity index (χ4n) is 3.84. The van der Waals surface area contributed by atoms with Gasteiger partial charge in [0.25, 0.3) is 0 Å². The molecule has 2 aliphatic rings. The normalized spacial score (nSPS) is 36.8. The average molecular weight is 285 g/mol. The zero-order valence-electron chi connectivity index (χ0n) is 13.0. The molecule has 0 spiro atoms. The van der Waals surface area contributed by atoms with Crippen molar-refractivity contribution in [2.24, 2.45) is 5.92 Å². The van der Waals surface area contributed by atoms with Gasteiger partial charge in [-0.05, 0) is 50.4 Å². The summed E-state index contributed by atoms with van der Waals surface area (Å²) in [5, 5.41) is 4.65. The third-order valence-electron chi connectivity index (χ3n) is 4.86. The van der Waals surface area contributed by atoms with E-state index in [0.717, 1.165) is 23.3 Å². The average Bonchev–Trinajstić information content (AvgIpc) is 2.86. The maximum atomic E-state index is 3.74. The van der Waals surface area contributed by atoms with Gasteiger partial charge in [-0.25, -0.2) is 0 Å².